The van der Waals surface area contributed by atoms with Crippen LogP contribution in [-0.2, 0) is 6.42 Å². The molecule has 2 nitrogen and oxygen atoms in total. The molecule has 2 aromatic rings. The van der Waals surface area contributed by atoms with Crippen molar-refractivity contribution >= 4 is 24.4 Å². The molecule has 0 amide bonds. The van der Waals surface area contributed by atoms with Crippen LogP contribution in [0.2, 0.25) is 0 Å². The maximum Gasteiger partial charge on any atom is 0.0456 e. The third-order valence-electron chi connectivity index (χ3n) is 2.09. The normalized spacial score (nSPS) is 9.92. The number of para-hydroxylation sites is 1. The Morgan fingerprint density at radius 1 is 1.23 bits per heavy atom. The third-order valence-corrected chi connectivity index (χ3v) is 2.09. The predicted molar refractivity (Wildman–Crippen MR) is 61.4 cm³/mol. The first-order chi connectivity index (χ1) is 5.92. The second-order valence-corrected chi connectivity index (χ2v) is 2.90. The minimum Gasteiger partial charge on any atom is -0.361 e. The van der Waals surface area contributed by atoms with Crippen molar-refractivity contribution in [2.45, 2.75) is 6.42 Å². The van der Waals surface area contributed by atoms with Crippen molar-refractivity contribution in [2.24, 2.45) is 5.73 Å². The molecule has 2 rings (SSSR count). The van der Waals surface area contributed by atoms with Crippen LogP contribution in [0.5, 0.6) is 0 Å². The summed E-state index contributed by atoms with van der Waals surface area (Å²) in [5, 5.41) is 1.29. The van der Waals surface area contributed by atoms with Crippen LogP contribution in [0.15, 0.2) is 30.5 Å². The Hall–Kier alpha value is -0.930. The van der Waals surface area contributed by atoms with E-state index in [2.05, 4.69) is 23.2 Å². The van der Waals surface area contributed by atoms with Crippen LogP contribution in [0.25, 0.3) is 10.9 Å². The summed E-state index contributed by atoms with van der Waals surface area (Å²) in [5.74, 6) is 0. The molecule has 0 atom stereocenters. The van der Waals surface area contributed by atoms with Gasteiger partial charge < -0.3 is 10.7 Å². The van der Waals surface area contributed by atoms with Crippen LogP contribution in [0, 0.1) is 0 Å². The van der Waals surface area contributed by atoms with Crippen molar-refractivity contribution < 1.29 is 0 Å². The number of fused-ring (bicyclic) bond motifs is 1. The molecule has 1 aromatic heterocycles. The fraction of sp³-hybridized carbons (Fsp3) is 0.200. The first-order valence-corrected chi connectivity index (χ1v) is 4.17. The quantitative estimate of drug-likeness (QED) is 0.752. The fourth-order valence-electron chi connectivity index (χ4n) is 1.49. The Labute approximate surface area is 84.6 Å². The zero-order chi connectivity index (χ0) is 8.39. The van der Waals surface area contributed by atoms with Crippen LogP contribution >= 0.6 is 13.5 Å². The lowest BCUT2D eigenvalue weighted by Crippen LogP contribution is -2.01. The second-order valence-electron chi connectivity index (χ2n) is 2.90. The van der Waals surface area contributed by atoms with Gasteiger partial charge in [0.1, 0.15) is 0 Å². The summed E-state index contributed by atoms with van der Waals surface area (Å²) in [6.07, 6.45) is 2.99. The molecule has 0 aliphatic rings. The molecule has 1 aromatic carbocycles. The van der Waals surface area contributed by atoms with Crippen molar-refractivity contribution in [2.75, 3.05) is 6.54 Å². The molecule has 3 N–H and O–H groups in total. The van der Waals surface area contributed by atoms with Gasteiger partial charge in [-0.1, -0.05) is 18.2 Å². The average Bonchev–Trinajstić information content (AvgIpc) is 2.50. The Bertz CT molecular complexity index is 381. The van der Waals surface area contributed by atoms with E-state index in [-0.39, 0.29) is 13.5 Å². The second kappa shape index (κ2) is 4.35. The molecule has 0 fully saturated rings. The topological polar surface area (TPSA) is 41.8 Å². The number of aromatic nitrogens is 1. The number of hydrogen-bond donors (Lipinski definition) is 2. The molecule has 0 spiro atoms. The van der Waals surface area contributed by atoms with Crippen LogP contribution < -0.4 is 5.73 Å². The SMILES string of the molecule is NCCc1c[nH]c2ccccc12.S. The van der Waals surface area contributed by atoms with E-state index < -0.39 is 0 Å². The lowest BCUT2D eigenvalue weighted by atomic mass is 10.1. The number of H-pyrrole nitrogens is 1. The zero-order valence-corrected chi connectivity index (χ0v) is 8.38. The van der Waals surface area contributed by atoms with Gasteiger partial charge in [0.05, 0.1) is 0 Å². The number of rotatable bonds is 2. The number of nitrogens with one attached hydrogen (secondary N) is 1. The Kier molecular flexibility index (Phi) is 3.39. The Morgan fingerprint density at radius 2 is 2.00 bits per heavy atom. The molecule has 3 heteroatoms. The Balaban J connectivity index is 0.000000845. The molecule has 0 bridgehead atoms. The maximum atomic E-state index is 5.50. The van der Waals surface area contributed by atoms with Gasteiger partial charge in [0, 0.05) is 17.1 Å². The molecule has 1 heterocycles. The summed E-state index contributed by atoms with van der Waals surface area (Å²) in [6, 6.07) is 8.29. The molecule has 0 saturated heterocycles. The minimum absolute atomic E-state index is 0. The Morgan fingerprint density at radius 3 is 2.77 bits per heavy atom. The van der Waals surface area contributed by atoms with Crippen molar-refractivity contribution in [1.82, 2.24) is 4.98 Å². The monoisotopic (exact) mass is 194 g/mol. The lowest BCUT2D eigenvalue weighted by molar-refractivity contribution is 0.976. The summed E-state index contributed by atoms with van der Waals surface area (Å²) >= 11 is 0. The zero-order valence-electron chi connectivity index (χ0n) is 7.38. The summed E-state index contributed by atoms with van der Waals surface area (Å²) in [7, 11) is 0. The highest BCUT2D eigenvalue weighted by molar-refractivity contribution is 7.59. The van der Waals surface area contributed by atoms with Gasteiger partial charge in [-0.3, -0.25) is 0 Å². The van der Waals surface area contributed by atoms with Gasteiger partial charge >= 0.3 is 0 Å². The van der Waals surface area contributed by atoms with Gasteiger partial charge in [0.2, 0.25) is 0 Å². The molecule has 0 unspecified atom stereocenters. The molecule has 0 radical (unpaired) electrons. The largest absolute Gasteiger partial charge is 0.361 e. The van der Waals surface area contributed by atoms with E-state index in [1.54, 1.807) is 0 Å². The molecule has 70 valence electrons. The summed E-state index contributed by atoms with van der Waals surface area (Å²) in [5.41, 5.74) is 8.01. The van der Waals surface area contributed by atoms with E-state index >= 15 is 0 Å². The number of benzene rings is 1. The average molecular weight is 194 g/mol. The highest BCUT2D eigenvalue weighted by Gasteiger charge is 1.99. The maximum absolute atomic E-state index is 5.50. The lowest BCUT2D eigenvalue weighted by Gasteiger charge is -1.93. The van der Waals surface area contributed by atoms with E-state index in [0.717, 1.165) is 6.42 Å². The molecule has 0 aliphatic heterocycles. The van der Waals surface area contributed by atoms with Crippen molar-refractivity contribution in [1.29, 1.82) is 0 Å². The van der Waals surface area contributed by atoms with Crippen LogP contribution in [-0.4, -0.2) is 11.5 Å². The van der Waals surface area contributed by atoms with Gasteiger partial charge in [0.15, 0.2) is 0 Å². The highest BCUT2D eigenvalue weighted by atomic mass is 32.1. The first kappa shape index (κ1) is 10.2. The van der Waals surface area contributed by atoms with Crippen LogP contribution in [0.4, 0.5) is 0 Å². The predicted octanol–water partition coefficient (Wildman–Crippen LogP) is 1.78. The number of nitrogens with two attached hydrogens (primary N) is 1. The molecule has 0 aliphatic carbocycles. The summed E-state index contributed by atoms with van der Waals surface area (Å²) < 4.78 is 0. The van der Waals surface area contributed by atoms with E-state index in [9.17, 15) is 0 Å². The van der Waals surface area contributed by atoms with Crippen molar-refractivity contribution in [3.63, 3.8) is 0 Å². The standard InChI is InChI=1S/C10H12N2.H2S/c11-6-5-8-7-12-10-4-2-1-3-9(8)10;/h1-4,7,12H,5-6,11H2;1H2. The third kappa shape index (κ3) is 1.87. The number of aromatic amines is 1. The molecular weight excluding hydrogens is 180 g/mol. The molecule has 13 heavy (non-hydrogen) atoms. The smallest absolute Gasteiger partial charge is 0.0456 e. The van der Waals surface area contributed by atoms with Gasteiger partial charge in [-0.2, -0.15) is 13.5 Å². The first-order valence-electron chi connectivity index (χ1n) is 4.17. The number of hydrogen-bond acceptors (Lipinski definition) is 1. The summed E-state index contributed by atoms with van der Waals surface area (Å²) in [4.78, 5) is 3.22. The van der Waals surface area contributed by atoms with Crippen molar-refractivity contribution in [3.05, 3.63) is 36.0 Å². The van der Waals surface area contributed by atoms with Crippen LogP contribution in [0.3, 0.4) is 0 Å². The fourth-order valence-corrected chi connectivity index (χ4v) is 1.49. The van der Waals surface area contributed by atoms with Gasteiger partial charge in [-0.15, -0.1) is 0 Å². The molecule has 0 saturated carbocycles. The highest BCUT2D eigenvalue weighted by Crippen LogP contribution is 2.17. The van der Waals surface area contributed by atoms with E-state index in [1.165, 1.54) is 16.5 Å². The van der Waals surface area contributed by atoms with E-state index in [4.69, 9.17) is 5.73 Å². The van der Waals surface area contributed by atoms with Crippen molar-refractivity contribution in [3.8, 4) is 0 Å². The van der Waals surface area contributed by atoms with E-state index in [0.29, 0.717) is 6.54 Å². The van der Waals surface area contributed by atoms with Crippen LogP contribution in [0.1, 0.15) is 5.56 Å². The van der Waals surface area contributed by atoms with E-state index in [1.807, 2.05) is 12.3 Å². The molecular formula is C10H14N2S. The van der Waals surface area contributed by atoms with Gasteiger partial charge in [-0.25, -0.2) is 0 Å². The minimum atomic E-state index is 0. The summed E-state index contributed by atoms with van der Waals surface area (Å²) in [6.45, 7) is 0.710. The van der Waals surface area contributed by atoms with Gasteiger partial charge in [-0.05, 0) is 24.6 Å². The van der Waals surface area contributed by atoms with Gasteiger partial charge in [0.25, 0.3) is 0 Å².